The highest BCUT2D eigenvalue weighted by Crippen LogP contribution is 1.86. The Balaban J connectivity index is 2.64. The minimum atomic E-state index is 0.588. The molecule has 0 unspecified atom stereocenters. The van der Waals surface area contributed by atoms with E-state index in [4.69, 9.17) is 0 Å². The molecule has 0 saturated carbocycles. The molecular weight excluding hydrogens is 124 g/mol. The summed E-state index contributed by atoms with van der Waals surface area (Å²) in [5.41, 5.74) is 0. The summed E-state index contributed by atoms with van der Waals surface area (Å²) in [7, 11) is 0. The summed E-state index contributed by atoms with van der Waals surface area (Å²) >= 11 is 0. The predicted molar refractivity (Wildman–Crippen MR) is 38.9 cm³/mol. The van der Waals surface area contributed by atoms with Crippen molar-refractivity contribution >= 4 is 0 Å². The third-order valence-electron chi connectivity index (χ3n) is 0.991. The molecule has 1 aromatic heterocycles. The lowest BCUT2D eigenvalue weighted by Gasteiger charge is -1.88. The minimum Gasteiger partial charge on any atom is -0.240 e. The van der Waals surface area contributed by atoms with Crippen molar-refractivity contribution in [3.63, 3.8) is 0 Å². The molecule has 0 aliphatic heterocycles. The van der Waals surface area contributed by atoms with Crippen molar-refractivity contribution in [2.24, 2.45) is 0 Å². The maximum atomic E-state index is 3.97. The van der Waals surface area contributed by atoms with E-state index in [0.717, 1.165) is 5.82 Å². The molecule has 1 radical (unpaired) electrons. The van der Waals surface area contributed by atoms with E-state index in [-0.39, 0.29) is 0 Å². The van der Waals surface area contributed by atoms with E-state index < -0.39 is 0 Å². The Kier molecular flexibility index (Phi) is 2.45. The molecule has 0 atom stereocenters. The van der Waals surface area contributed by atoms with Gasteiger partial charge in [0.05, 0.1) is 6.42 Å². The van der Waals surface area contributed by atoms with Crippen LogP contribution in [0.1, 0.15) is 5.82 Å². The molecule has 0 bridgehead atoms. The van der Waals surface area contributed by atoms with Crippen molar-refractivity contribution in [3.8, 4) is 11.8 Å². The van der Waals surface area contributed by atoms with E-state index >= 15 is 0 Å². The molecule has 0 aliphatic carbocycles. The third-order valence-corrected chi connectivity index (χ3v) is 0.991. The summed E-state index contributed by atoms with van der Waals surface area (Å²) in [5, 5.41) is 0. The molecule has 0 aliphatic rings. The number of nitrogens with zero attached hydrogens (tertiary/aromatic N) is 2. The normalized spacial score (nSPS) is 8.10. The van der Waals surface area contributed by atoms with Gasteiger partial charge in [-0.2, -0.15) is 0 Å². The fourth-order valence-electron chi connectivity index (χ4n) is 0.563. The first-order valence-corrected chi connectivity index (χ1v) is 2.94. The molecule has 0 amide bonds. The zero-order chi connectivity index (χ0) is 7.23. The first-order valence-electron chi connectivity index (χ1n) is 2.94. The van der Waals surface area contributed by atoms with Crippen LogP contribution in [0, 0.1) is 18.8 Å². The highest BCUT2D eigenvalue weighted by Gasteiger charge is 1.86. The van der Waals surface area contributed by atoms with Gasteiger partial charge in [-0.05, 0) is 6.07 Å². The van der Waals surface area contributed by atoms with Crippen molar-refractivity contribution in [2.45, 2.75) is 6.42 Å². The topological polar surface area (TPSA) is 25.8 Å². The quantitative estimate of drug-likeness (QED) is 0.528. The van der Waals surface area contributed by atoms with Crippen LogP contribution in [-0.4, -0.2) is 9.97 Å². The van der Waals surface area contributed by atoms with E-state index in [0.29, 0.717) is 6.42 Å². The smallest absolute Gasteiger partial charge is 0.140 e. The SMILES string of the molecule is [CH2]C#CCc1ncccn1. The molecule has 10 heavy (non-hydrogen) atoms. The second-order valence-electron chi connectivity index (χ2n) is 1.70. The van der Waals surface area contributed by atoms with Crippen molar-refractivity contribution in [2.75, 3.05) is 0 Å². The Hall–Kier alpha value is -1.36. The second-order valence-corrected chi connectivity index (χ2v) is 1.70. The molecule has 1 aromatic rings. The summed E-state index contributed by atoms with van der Waals surface area (Å²) in [5.74, 6) is 6.06. The van der Waals surface area contributed by atoms with Crippen LogP contribution in [0.4, 0.5) is 0 Å². The Morgan fingerprint density at radius 3 is 2.70 bits per heavy atom. The Labute approximate surface area is 60.3 Å². The van der Waals surface area contributed by atoms with E-state index in [1.807, 2.05) is 0 Å². The third kappa shape index (κ3) is 1.87. The van der Waals surface area contributed by atoms with E-state index in [2.05, 4.69) is 28.7 Å². The summed E-state index contributed by atoms with van der Waals surface area (Å²) in [6.45, 7) is 3.38. The zero-order valence-electron chi connectivity index (χ0n) is 5.54. The molecule has 2 heteroatoms. The molecule has 1 rings (SSSR count). The van der Waals surface area contributed by atoms with Crippen LogP contribution >= 0.6 is 0 Å². The Morgan fingerprint density at radius 1 is 1.40 bits per heavy atom. The van der Waals surface area contributed by atoms with Crippen LogP contribution in [0.25, 0.3) is 0 Å². The molecule has 0 aromatic carbocycles. The highest BCUT2D eigenvalue weighted by atomic mass is 14.8. The second kappa shape index (κ2) is 3.62. The Morgan fingerprint density at radius 2 is 2.10 bits per heavy atom. The summed E-state index contributed by atoms with van der Waals surface area (Å²) < 4.78 is 0. The van der Waals surface area contributed by atoms with Crippen LogP contribution in [0.15, 0.2) is 18.5 Å². The average Bonchev–Trinajstić information content (AvgIpc) is 2.03. The number of rotatable bonds is 1. The van der Waals surface area contributed by atoms with Gasteiger partial charge in [-0.15, -0.1) is 5.92 Å². The highest BCUT2D eigenvalue weighted by molar-refractivity contribution is 5.07. The molecule has 49 valence electrons. The maximum Gasteiger partial charge on any atom is 0.140 e. The van der Waals surface area contributed by atoms with Gasteiger partial charge < -0.3 is 0 Å². The van der Waals surface area contributed by atoms with Gasteiger partial charge in [0.25, 0.3) is 0 Å². The van der Waals surface area contributed by atoms with E-state index in [1.54, 1.807) is 18.5 Å². The zero-order valence-corrected chi connectivity index (χ0v) is 5.54. The number of hydrogen-bond acceptors (Lipinski definition) is 2. The van der Waals surface area contributed by atoms with Crippen LogP contribution in [-0.2, 0) is 6.42 Å². The number of aromatic nitrogens is 2. The van der Waals surface area contributed by atoms with Gasteiger partial charge in [-0.1, -0.05) is 5.92 Å². The largest absolute Gasteiger partial charge is 0.240 e. The van der Waals surface area contributed by atoms with Crippen LogP contribution in [0.5, 0.6) is 0 Å². The molecule has 2 nitrogen and oxygen atoms in total. The van der Waals surface area contributed by atoms with Crippen molar-refractivity contribution in [1.29, 1.82) is 0 Å². The fraction of sp³-hybridized carbons (Fsp3) is 0.125. The van der Waals surface area contributed by atoms with Gasteiger partial charge in [0.2, 0.25) is 0 Å². The summed E-state index contributed by atoms with van der Waals surface area (Å²) in [4.78, 5) is 7.95. The standard InChI is InChI=1S/C8H7N2/c1-2-3-5-8-9-6-4-7-10-8/h4,6-7H,1,5H2. The lowest BCUT2D eigenvalue weighted by molar-refractivity contribution is 1.00. The van der Waals surface area contributed by atoms with E-state index in [1.165, 1.54) is 0 Å². The molecule has 1 heterocycles. The summed E-state index contributed by atoms with van der Waals surface area (Å²) in [6, 6.07) is 1.78. The van der Waals surface area contributed by atoms with Gasteiger partial charge in [0, 0.05) is 19.3 Å². The minimum absolute atomic E-state index is 0.588. The van der Waals surface area contributed by atoms with Crippen LogP contribution < -0.4 is 0 Å². The predicted octanol–water partition coefficient (Wildman–Crippen LogP) is 0.857. The number of hydrogen-bond donors (Lipinski definition) is 0. The van der Waals surface area contributed by atoms with Crippen molar-refractivity contribution < 1.29 is 0 Å². The molecule has 0 saturated heterocycles. The van der Waals surface area contributed by atoms with Crippen molar-refractivity contribution in [1.82, 2.24) is 9.97 Å². The van der Waals surface area contributed by atoms with E-state index in [9.17, 15) is 0 Å². The average molecular weight is 131 g/mol. The van der Waals surface area contributed by atoms with Crippen LogP contribution in [0.2, 0.25) is 0 Å². The summed E-state index contributed by atoms with van der Waals surface area (Å²) in [6.07, 6.45) is 3.99. The maximum absolute atomic E-state index is 3.97. The molecular formula is C8H7N2. The van der Waals surface area contributed by atoms with Gasteiger partial charge in [0.1, 0.15) is 5.82 Å². The first-order chi connectivity index (χ1) is 4.93. The lowest BCUT2D eigenvalue weighted by atomic mass is 10.4. The van der Waals surface area contributed by atoms with Gasteiger partial charge in [-0.25, -0.2) is 9.97 Å². The Bertz CT molecular complexity index is 243. The molecule has 0 spiro atoms. The molecule has 0 N–H and O–H groups in total. The van der Waals surface area contributed by atoms with Gasteiger partial charge in [-0.3, -0.25) is 0 Å². The van der Waals surface area contributed by atoms with Crippen molar-refractivity contribution in [3.05, 3.63) is 31.2 Å². The lowest BCUT2D eigenvalue weighted by Crippen LogP contribution is -1.89. The van der Waals surface area contributed by atoms with Gasteiger partial charge in [0.15, 0.2) is 0 Å². The van der Waals surface area contributed by atoms with Crippen LogP contribution in [0.3, 0.4) is 0 Å². The monoisotopic (exact) mass is 131 g/mol. The molecule has 0 fully saturated rings. The van der Waals surface area contributed by atoms with Gasteiger partial charge >= 0.3 is 0 Å². The first kappa shape index (κ1) is 6.76. The fourth-order valence-corrected chi connectivity index (χ4v) is 0.563.